The Bertz CT molecular complexity index is 703. The van der Waals surface area contributed by atoms with Crippen LogP contribution in [0.1, 0.15) is 11.3 Å². The van der Waals surface area contributed by atoms with E-state index in [2.05, 4.69) is 20.9 Å². The van der Waals surface area contributed by atoms with Crippen LogP contribution in [0, 0.1) is 0 Å². The summed E-state index contributed by atoms with van der Waals surface area (Å²) >= 11 is 3.38. The van der Waals surface area contributed by atoms with Crippen LogP contribution >= 0.6 is 15.9 Å². The molecule has 0 N–H and O–H groups in total. The van der Waals surface area contributed by atoms with Crippen LogP contribution in [-0.4, -0.2) is 11.0 Å². The maximum atomic E-state index is 11.8. The second-order valence-electron chi connectivity index (χ2n) is 4.26. The molecular formula is C16H10BrNO2. The number of rotatable bonds is 2. The molecule has 0 saturated carbocycles. The first-order chi connectivity index (χ1) is 9.72. The Labute approximate surface area is 124 Å². The van der Waals surface area contributed by atoms with Crippen molar-refractivity contribution in [2.75, 3.05) is 0 Å². The van der Waals surface area contributed by atoms with E-state index in [1.807, 2.05) is 42.5 Å². The van der Waals surface area contributed by atoms with E-state index < -0.39 is 0 Å². The summed E-state index contributed by atoms with van der Waals surface area (Å²) in [7, 11) is 0. The van der Waals surface area contributed by atoms with Crippen molar-refractivity contribution in [3.8, 4) is 0 Å². The van der Waals surface area contributed by atoms with Crippen LogP contribution in [0.5, 0.6) is 0 Å². The highest BCUT2D eigenvalue weighted by Gasteiger charge is 2.21. The summed E-state index contributed by atoms with van der Waals surface area (Å²) in [5.41, 5.74) is 2.10. The molecule has 0 bridgehead atoms. The van der Waals surface area contributed by atoms with Crippen LogP contribution < -0.4 is 0 Å². The number of hydrogen-bond acceptors (Lipinski definition) is 3. The fourth-order valence-corrected chi connectivity index (χ4v) is 2.13. The van der Waals surface area contributed by atoms with Crippen LogP contribution in [0.15, 0.2) is 64.8 Å². The first-order valence-electron chi connectivity index (χ1n) is 6.05. The quantitative estimate of drug-likeness (QED) is 0.621. The minimum absolute atomic E-state index is 0.353. The Morgan fingerprint density at radius 1 is 1.10 bits per heavy atom. The van der Waals surface area contributed by atoms with Crippen LogP contribution in [0.25, 0.3) is 11.8 Å². The summed E-state index contributed by atoms with van der Waals surface area (Å²) < 4.78 is 6.26. The van der Waals surface area contributed by atoms with E-state index in [1.165, 1.54) is 0 Å². The van der Waals surface area contributed by atoms with Gasteiger partial charge in [0.15, 0.2) is 0 Å². The number of carbonyl (C=O) groups excluding carboxylic acids is 1. The van der Waals surface area contributed by atoms with Gasteiger partial charge in [0.2, 0.25) is 0 Å². The third-order valence-electron chi connectivity index (χ3n) is 2.84. The van der Waals surface area contributed by atoms with Gasteiger partial charge in [0.25, 0.3) is 0 Å². The average Bonchev–Trinajstić information content (AvgIpc) is 2.82. The molecule has 1 aromatic carbocycles. The largest absolute Gasteiger partial charge is 0.422 e. The van der Waals surface area contributed by atoms with E-state index in [0.717, 1.165) is 15.7 Å². The smallest absolute Gasteiger partial charge is 0.343 e. The van der Waals surface area contributed by atoms with Crippen LogP contribution in [-0.2, 0) is 9.53 Å². The van der Waals surface area contributed by atoms with E-state index >= 15 is 0 Å². The molecule has 0 unspecified atom stereocenters. The van der Waals surface area contributed by atoms with Crippen molar-refractivity contribution in [2.45, 2.75) is 0 Å². The zero-order valence-electron chi connectivity index (χ0n) is 10.4. The number of ether oxygens (including phenoxy) is 1. The number of halogens is 1. The van der Waals surface area contributed by atoms with E-state index in [1.54, 1.807) is 18.3 Å². The van der Waals surface area contributed by atoms with Crippen molar-refractivity contribution in [2.24, 2.45) is 0 Å². The highest BCUT2D eigenvalue weighted by atomic mass is 79.9. The molecule has 20 heavy (non-hydrogen) atoms. The molecule has 2 aromatic rings. The topological polar surface area (TPSA) is 39.2 Å². The lowest BCUT2D eigenvalue weighted by Crippen LogP contribution is -1.97. The molecular weight excluding hydrogens is 318 g/mol. The molecule has 2 heterocycles. The average molecular weight is 328 g/mol. The van der Waals surface area contributed by atoms with Crippen molar-refractivity contribution in [3.63, 3.8) is 0 Å². The van der Waals surface area contributed by atoms with Crippen LogP contribution in [0.3, 0.4) is 0 Å². The lowest BCUT2D eigenvalue weighted by molar-refractivity contribution is -0.130. The minimum Gasteiger partial charge on any atom is -0.422 e. The number of cyclic esters (lactones) is 1. The van der Waals surface area contributed by atoms with Crippen molar-refractivity contribution in [1.82, 2.24) is 4.98 Å². The van der Waals surface area contributed by atoms with Gasteiger partial charge in [-0.25, -0.2) is 4.79 Å². The molecule has 0 saturated heterocycles. The molecule has 1 aliphatic rings. The lowest BCUT2D eigenvalue weighted by Gasteiger charge is -2.01. The predicted octanol–water partition coefficient (Wildman–Crippen LogP) is 3.83. The monoisotopic (exact) mass is 327 g/mol. The van der Waals surface area contributed by atoms with Gasteiger partial charge in [-0.15, -0.1) is 0 Å². The van der Waals surface area contributed by atoms with Crippen molar-refractivity contribution in [1.29, 1.82) is 0 Å². The maximum Gasteiger partial charge on any atom is 0.343 e. The van der Waals surface area contributed by atoms with Gasteiger partial charge in [0.05, 0.1) is 11.3 Å². The zero-order valence-corrected chi connectivity index (χ0v) is 12.0. The maximum absolute atomic E-state index is 11.8. The second-order valence-corrected chi connectivity index (χ2v) is 5.17. The van der Waals surface area contributed by atoms with Crippen molar-refractivity contribution < 1.29 is 9.53 Å². The number of pyridine rings is 1. The number of esters is 1. The van der Waals surface area contributed by atoms with Gasteiger partial charge in [-0.1, -0.05) is 34.1 Å². The van der Waals surface area contributed by atoms with Gasteiger partial charge < -0.3 is 4.74 Å². The van der Waals surface area contributed by atoms with E-state index in [9.17, 15) is 4.79 Å². The molecule has 0 spiro atoms. The predicted molar refractivity (Wildman–Crippen MR) is 80.4 cm³/mol. The Balaban J connectivity index is 1.93. The zero-order chi connectivity index (χ0) is 13.9. The molecule has 0 fully saturated rings. The van der Waals surface area contributed by atoms with Gasteiger partial charge in [-0.05, 0) is 36.4 Å². The first-order valence-corrected chi connectivity index (χ1v) is 6.84. The van der Waals surface area contributed by atoms with E-state index in [-0.39, 0.29) is 5.97 Å². The number of aromatic nitrogens is 1. The summed E-state index contributed by atoms with van der Waals surface area (Å²) in [6.45, 7) is 0. The fourth-order valence-electron chi connectivity index (χ4n) is 1.87. The summed E-state index contributed by atoms with van der Waals surface area (Å²) in [5.74, 6) is 0.207. The number of nitrogens with zero attached hydrogens (tertiary/aromatic N) is 1. The van der Waals surface area contributed by atoms with Gasteiger partial charge in [-0.2, -0.15) is 0 Å². The number of benzene rings is 1. The number of hydrogen-bond donors (Lipinski definition) is 0. The lowest BCUT2D eigenvalue weighted by atomic mass is 10.1. The first kappa shape index (κ1) is 12.8. The Kier molecular flexibility index (Phi) is 3.48. The standard InChI is InChI=1S/C16H10BrNO2/c17-13-6-4-11(5-7-13)15-10-12(16(19)20-15)9-14-3-1-2-8-18-14/h1-10H. The van der Waals surface area contributed by atoms with Crippen molar-refractivity contribution >= 4 is 33.7 Å². The molecule has 1 aromatic heterocycles. The highest BCUT2D eigenvalue weighted by molar-refractivity contribution is 9.10. The van der Waals surface area contributed by atoms with Crippen LogP contribution in [0.4, 0.5) is 0 Å². The molecule has 0 radical (unpaired) electrons. The molecule has 98 valence electrons. The summed E-state index contributed by atoms with van der Waals surface area (Å²) in [5, 5.41) is 0. The van der Waals surface area contributed by atoms with E-state index in [4.69, 9.17) is 4.74 Å². The molecule has 3 nitrogen and oxygen atoms in total. The minimum atomic E-state index is -0.353. The van der Waals surface area contributed by atoms with E-state index in [0.29, 0.717) is 11.3 Å². The van der Waals surface area contributed by atoms with Gasteiger partial charge >= 0.3 is 5.97 Å². The molecule has 0 amide bonds. The molecule has 0 aliphatic carbocycles. The Hall–Kier alpha value is -2.20. The van der Waals surface area contributed by atoms with Crippen molar-refractivity contribution in [3.05, 3.63) is 76.0 Å². The molecule has 0 atom stereocenters. The van der Waals surface area contributed by atoms with Gasteiger partial charge in [0.1, 0.15) is 5.76 Å². The Morgan fingerprint density at radius 3 is 2.60 bits per heavy atom. The number of carbonyl (C=O) groups is 1. The molecule has 4 heteroatoms. The highest BCUT2D eigenvalue weighted by Crippen LogP contribution is 2.27. The third kappa shape index (κ3) is 2.70. The SMILES string of the molecule is O=C1OC(c2ccc(Br)cc2)=CC1=Cc1ccccn1. The van der Waals surface area contributed by atoms with Gasteiger partial charge in [-0.3, -0.25) is 4.98 Å². The Morgan fingerprint density at radius 2 is 1.90 bits per heavy atom. The third-order valence-corrected chi connectivity index (χ3v) is 3.37. The summed E-state index contributed by atoms with van der Waals surface area (Å²) in [6, 6.07) is 13.2. The molecule has 3 rings (SSSR count). The summed E-state index contributed by atoms with van der Waals surface area (Å²) in [4.78, 5) is 16.0. The summed E-state index contributed by atoms with van der Waals surface area (Å²) in [6.07, 6.45) is 5.14. The molecule has 1 aliphatic heterocycles. The van der Waals surface area contributed by atoms with Gasteiger partial charge in [0, 0.05) is 16.2 Å². The fraction of sp³-hybridized carbons (Fsp3) is 0. The second kappa shape index (κ2) is 5.43. The normalized spacial score (nSPS) is 16.1. The van der Waals surface area contributed by atoms with Crippen LogP contribution in [0.2, 0.25) is 0 Å².